The first-order valence-corrected chi connectivity index (χ1v) is 12.6. The summed E-state index contributed by atoms with van der Waals surface area (Å²) >= 11 is 0. The van der Waals surface area contributed by atoms with Gasteiger partial charge in [-0.05, 0) is 16.7 Å². The van der Waals surface area contributed by atoms with Gasteiger partial charge in [0.2, 0.25) is 0 Å². The summed E-state index contributed by atoms with van der Waals surface area (Å²) in [5, 5.41) is 11.5. The summed E-state index contributed by atoms with van der Waals surface area (Å²) in [5.74, 6) is -0.451. The molecule has 3 aromatic carbocycles. The number of methoxy groups -OCH3 is 1. The average Bonchev–Trinajstić information content (AvgIpc) is 2.95. The zero-order valence-electron chi connectivity index (χ0n) is 21.2. The molecule has 0 radical (unpaired) electrons. The third-order valence-electron chi connectivity index (χ3n) is 6.59. The van der Waals surface area contributed by atoms with E-state index in [4.69, 9.17) is 23.7 Å². The number of aliphatic hydroxyl groups is 1. The smallest absolute Gasteiger partial charge is 0.146 e. The molecule has 1 saturated carbocycles. The van der Waals surface area contributed by atoms with Gasteiger partial charge in [-0.15, -0.1) is 6.58 Å². The maximum atomic E-state index is 11.5. The molecule has 3 aromatic rings. The van der Waals surface area contributed by atoms with Gasteiger partial charge in [0.05, 0.1) is 32.0 Å². The van der Waals surface area contributed by atoms with Crippen molar-refractivity contribution in [3.8, 4) is 0 Å². The van der Waals surface area contributed by atoms with Gasteiger partial charge in [0.1, 0.15) is 25.1 Å². The summed E-state index contributed by atoms with van der Waals surface area (Å²) < 4.78 is 30.6. The molecule has 0 spiro atoms. The summed E-state index contributed by atoms with van der Waals surface area (Å²) in [6.07, 6.45) is -1.59. The normalized spacial score (nSPS) is 25.6. The van der Waals surface area contributed by atoms with Crippen molar-refractivity contribution in [1.29, 1.82) is 0 Å². The van der Waals surface area contributed by atoms with Gasteiger partial charge in [-0.2, -0.15) is 0 Å². The lowest BCUT2D eigenvalue weighted by Crippen LogP contribution is -2.63. The second kappa shape index (κ2) is 14.2. The van der Waals surface area contributed by atoms with Crippen molar-refractivity contribution in [2.45, 2.75) is 50.3 Å². The molecule has 4 rings (SSSR count). The lowest BCUT2D eigenvalue weighted by molar-refractivity contribution is -0.262. The first-order valence-electron chi connectivity index (χ1n) is 12.6. The minimum Gasteiger partial charge on any atom is -0.390 e. The predicted molar refractivity (Wildman–Crippen MR) is 141 cm³/mol. The number of hydrogen-bond acceptors (Lipinski definition) is 6. The number of hydrogen-bond donors (Lipinski definition) is 1. The maximum Gasteiger partial charge on any atom is 0.146 e. The van der Waals surface area contributed by atoms with Crippen molar-refractivity contribution in [1.82, 2.24) is 0 Å². The fraction of sp³-hybridized carbons (Fsp3) is 0.355. The largest absolute Gasteiger partial charge is 0.390 e. The van der Waals surface area contributed by atoms with Crippen molar-refractivity contribution in [2.75, 3.05) is 13.9 Å². The van der Waals surface area contributed by atoms with E-state index < -0.39 is 36.4 Å². The Kier molecular flexibility index (Phi) is 10.4. The Labute approximate surface area is 219 Å². The quantitative estimate of drug-likeness (QED) is 0.264. The predicted octanol–water partition coefficient (Wildman–Crippen LogP) is 4.91. The molecule has 0 amide bonds. The molecule has 0 unspecified atom stereocenters. The van der Waals surface area contributed by atoms with Crippen molar-refractivity contribution < 1.29 is 28.8 Å². The van der Waals surface area contributed by atoms with E-state index in [0.717, 1.165) is 16.7 Å². The number of benzene rings is 3. The lowest BCUT2D eigenvalue weighted by Gasteiger charge is -2.48. The van der Waals surface area contributed by atoms with Crippen molar-refractivity contribution in [2.24, 2.45) is 5.92 Å². The van der Waals surface area contributed by atoms with Gasteiger partial charge in [0, 0.05) is 13.0 Å². The highest BCUT2D eigenvalue weighted by atomic mass is 16.7. The minimum absolute atomic E-state index is 0.0495. The van der Waals surface area contributed by atoms with E-state index in [0.29, 0.717) is 19.8 Å². The van der Waals surface area contributed by atoms with Crippen molar-refractivity contribution >= 4 is 0 Å². The van der Waals surface area contributed by atoms with Crippen LogP contribution in [0.2, 0.25) is 0 Å². The molecular formula is C31H36O6. The van der Waals surface area contributed by atoms with Crippen LogP contribution in [0.4, 0.5) is 0 Å². The van der Waals surface area contributed by atoms with Crippen molar-refractivity contribution in [3.63, 3.8) is 0 Å². The van der Waals surface area contributed by atoms with Crippen LogP contribution in [0, 0.1) is 5.92 Å². The van der Waals surface area contributed by atoms with Crippen LogP contribution in [-0.4, -0.2) is 49.5 Å². The Hall–Kier alpha value is -2.84. The monoisotopic (exact) mass is 504 g/mol. The van der Waals surface area contributed by atoms with Crippen LogP contribution in [0.3, 0.4) is 0 Å². The van der Waals surface area contributed by atoms with E-state index in [1.807, 2.05) is 91.0 Å². The molecule has 1 aliphatic carbocycles. The molecule has 0 heterocycles. The third-order valence-corrected chi connectivity index (χ3v) is 6.59. The Balaban J connectivity index is 1.63. The van der Waals surface area contributed by atoms with Gasteiger partial charge in [0.15, 0.2) is 0 Å². The van der Waals surface area contributed by atoms with Crippen LogP contribution in [0.15, 0.2) is 104 Å². The molecule has 1 aliphatic rings. The van der Waals surface area contributed by atoms with Crippen LogP contribution in [0.25, 0.3) is 0 Å². The van der Waals surface area contributed by atoms with E-state index in [-0.39, 0.29) is 6.79 Å². The Bertz CT molecular complexity index is 1050. The molecule has 6 heteroatoms. The SMILES string of the molecule is C=C[C@H]1[C@H](O)[C@H](OCc2ccccc2)[C@@H](OCc2ccccc2)[C@H](OCc2ccccc2)[C@@H]1OCOC. The summed E-state index contributed by atoms with van der Waals surface area (Å²) in [6, 6.07) is 29.7. The maximum absolute atomic E-state index is 11.5. The van der Waals surface area contributed by atoms with E-state index in [2.05, 4.69) is 6.58 Å². The fourth-order valence-corrected chi connectivity index (χ4v) is 4.70. The zero-order chi connectivity index (χ0) is 25.9. The summed E-state index contributed by atoms with van der Waals surface area (Å²) in [7, 11) is 1.57. The van der Waals surface area contributed by atoms with E-state index >= 15 is 0 Å². The highest BCUT2D eigenvalue weighted by molar-refractivity contribution is 5.16. The molecule has 6 nitrogen and oxygen atoms in total. The number of rotatable bonds is 13. The standard InChI is InChI=1S/C31H36O6/c1-3-26-27(32)29(34-19-23-13-7-4-8-14-23)31(36-21-25-17-11-6-12-18-25)30(28(26)37-22-33-2)35-20-24-15-9-5-10-16-24/h3-18,26-32H,1,19-22H2,2H3/t26-,27-,28+,29-,30+,31+/m0/s1. The van der Waals surface area contributed by atoms with Crippen LogP contribution < -0.4 is 0 Å². The third kappa shape index (κ3) is 7.36. The number of ether oxygens (including phenoxy) is 5. The van der Waals surface area contributed by atoms with Gasteiger partial charge in [-0.1, -0.05) is 97.1 Å². The Morgan fingerprint density at radius 2 is 1.03 bits per heavy atom. The highest BCUT2D eigenvalue weighted by Gasteiger charge is 2.52. The molecule has 6 atom stereocenters. The second-order valence-corrected chi connectivity index (χ2v) is 9.13. The van der Waals surface area contributed by atoms with Gasteiger partial charge in [-0.25, -0.2) is 0 Å². The van der Waals surface area contributed by atoms with Crippen LogP contribution in [0.5, 0.6) is 0 Å². The zero-order valence-corrected chi connectivity index (χ0v) is 21.2. The van der Waals surface area contributed by atoms with Crippen LogP contribution in [0.1, 0.15) is 16.7 Å². The first kappa shape index (κ1) is 27.2. The first-order chi connectivity index (χ1) is 18.2. The Morgan fingerprint density at radius 1 is 0.622 bits per heavy atom. The molecule has 1 fully saturated rings. The molecule has 1 N–H and O–H groups in total. The van der Waals surface area contributed by atoms with Gasteiger partial charge >= 0.3 is 0 Å². The Morgan fingerprint density at radius 3 is 1.43 bits per heavy atom. The molecule has 0 bridgehead atoms. The molecule has 0 saturated heterocycles. The molecule has 196 valence electrons. The van der Waals surface area contributed by atoms with Crippen molar-refractivity contribution in [3.05, 3.63) is 120 Å². The topological polar surface area (TPSA) is 66.4 Å². The van der Waals surface area contributed by atoms with Gasteiger partial charge in [0.25, 0.3) is 0 Å². The highest BCUT2D eigenvalue weighted by Crippen LogP contribution is 2.36. The average molecular weight is 505 g/mol. The lowest BCUT2D eigenvalue weighted by atomic mass is 9.78. The minimum atomic E-state index is -0.916. The summed E-state index contributed by atoms with van der Waals surface area (Å²) in [4.78, 5) is 0. The van der Waals surface area contributed by atoms with Gasteiger partial charge in [-0.3, -0.25) is 0 Å². The second-order valence-electron chi connectivity index (χ2n) is 9.13. The van der Waals surface area contributed by atoms with Crippen LogP contribution >= 0.6 is 0 Å². The van der Waals surface area contributed by atoms with Crippen LogP contribution in [-0.2, 0) is 43.5 Å². The van der Waals surface area contributed by atoms with E-state index in [1.54, 1.807) is 13.2 Å². The molecule has 0 aromatic heterocycles. The molecule has 0 aliphatic heterocycles. The van der Waals surface area contributed by atoms with Gasteiger partial charge < -0.3 is 28.8 Å². The molecular weight excluding hydrogens is 468 g/mol. The summed E-state index contributed by atoms with van der Waals surface area (Å²) in [6.45, 7) is 5.05. The molecule has 37 heavy (non-hydrogen) atoms. The number of aliphatic hydroxyl groups excluding tert-OH is 1. The van der Waals surface area contributed by atoms with E-state index in [9.17, 15) is 5.11 Å². The van der Waals surface area contributed by atoms with E-state index in [1.165, 1.54) is 0 Å². The fourth-order valence-electron chi connectivity index (χ4n) is 4.70. The summed E-state index contributed by atoms with van der Waals surface area (Å²) in [5.41, 5.74) is 3.05.